The fourth-order valence-electron chi connectivity index (χ4n) is 3.98. The first-order chi connectivity index (χ1) is 15.2. The smallest absolute Gasteiger partial charge is 0.233 e. The molecule has 0 spiro atoms. The first-order valence-corrected chi connectivity index (χ1v) is 12.3. The molecule has 1 saturated heterocycles. The third-order valence-corrected chi connectivity index (χ3v) is 7.99. The van der Waals surface area contributed by atoms with Crippen LogP contribution in [0.2, 0.25) is 5.02 Å². The second kappa shape index (κ2) is 10.7. The van der Waals surface area contributed by atoms with E-state index < -0.39 is 33.6 Å². The van der Waals surface area contributed by atoms with E-state index in [-0.39, 0.29) is 18.7 Å². The van der Waals surface area contributed by atoms with Crippen LogP contribution in [0.25, 0.3) is 0 Å². The second-order valence-corrected chi connectivity index (χ2v) is 10.5. The Balaban J connectivity index is 1.64. The minimum Gasteiger partial charge on any atom is -0.286 e. The van der Waals surface area contributed by atoms with Crippen molar-refractivity contribution in [2.45, 2.75) is 44.1 Å². The van der Waals surface area contributed by atoms with Crippen molar-refractivity contribution in [3.05, 3.63) is 58.9 Å². The molecule has 1 aliphatic heterocycles. The fraction of sp³-hybridized carbons (Fsp3) is 0.476. The maximum atomic E-state index is 13.1. The van der Waals surface area contributed by atoms with Gasteiger partial charge in [0.1, 0.15) is 5.82 Å². The van der Waals surface area contributed by atoms with Gasteiger partial charge in [0, 0.05) is 24.0 Å². The van der Waals surface area contributed by atoms with Crippen LogP contribution in [0.5, 0.6) is 0 Å². The number of rotatable bonds is 9. The molecule has 1 amide bonds. The van der Waals surface area contributed by atoms with E-state index in [2.05, 4.69) is 9.97 Å². The maximum absolute atomic E-state index is 13.1. The summed E-state index contributed by atoms with van der Waals surface area (Å²) in [6, 6.07) is 6.58. The number of sulfonamides is 1. The molecule has 2 heterocycles. The predicted molar refractivity (Wildman–Crippen MR) is 117 cm³/mol. The van der Waals surface area contributed by atoms with Gasteiger partial charge in [-0.25, -0.2) is 32.1 Å². The zero-order chi connectivity index (χ0) is 23.3. The Morgan fingerprint density at radius 1 is 1.25 bits per heavy atom. The highest BCUT2D eigenvalue weighted by Gasteiger charge is 2.33. The summed E-state index contributed by atoms with van der Waals surface area (Å²) in [5, 5.41) is 11.0. The van der Waals surface area contributed by atoms with Gasteiger partial charge in [0.25, 0.3) is 0 Å². The minimum absolute atomic E-state index is 0.0986. The number of carbonyl (C=O) groups excluding carboxylic acids is 1. The lowest BCUT2D eigenvalue weighted by Gasteiger charge is -2.33. The average Bonchev–Trinajstić information content (AvgIpc) is 2.79. The Morgan fingerprint density at radius 2 is 1.84 bits per heavy atom. The van der Waals surface area contributed by atoms with E-state index in [1.807, 2.05) is 24.3 Å². The topological polar surface area (TPSA) is 104 Å². The van der Waals surface area contributed by atoms with Crippen molar-refractivity contribution >= 4 is 28.0 Å². The summed E-state index contributed by atoms with van der Waals surface area (Å²) in [6.07, 6.45) is 3.66. The van der Waals surface area contributed by atoms with Gasteiger partial charge >= 0.3 is 0 Å². The van der Waals surface area contributed by atoms with Crippen LogP contribution in [0, 0.1) is 5.82 Å². The number of halogens is 2. The normalized spacial score (nSPS) is 17.6. The van der Waals surface area contributed by atoms with Crippen molar-refractivity contribution in [3.8, 4) is 0 Å². The first kappa shape index (κ1) is 24.5. The predicted octanol–water partition coefficient (Wildman–Crippen LogP) is 3.19. The van der Waals surface area contributed by atoms with Crippen LogP contribution in [0.4, 0.5) is 4.39 Å². The second-order valence-electron chi connectivity index (χ2n) is 8.04. The number of carbonyl (C=O) groups is 1. The maximum Gasteiger partial charge on any atom is 0.233 e. The van der Waals surface area contributed by atoms with Gasteiger partial charge in [-0.1, -0.05) is 30.7 Å². The molecular weight excluding hydrogens is 459 g/mol. The molecule has 8 nitrogen and oxygen atoms in total. The summed E-state index contributed by atoms with van der Waals surface area (Å²) in [7, 11) is -3.73. The van der Waals surface area contributed by atoms with Gasteiger partial charge in [-0.2, -0.15) is 0 Å². The van der Waals surface area contributed by atoms with Crippen molar-refractivity contribution in [3.63, 3.8) is 0 Å². The molecule has 1 aromatic carbocycles. The van der Waals surface area contributed by atoms with Gasteiger partial charge in [0.2, 0.25) is 16.4 Å². The zero-order valence-electron chi connectivity index (χ0n) is 17.6. The highest BCUT2D eigenvalue weighted by molar-refractivity contribution is 7.89. The number of piperidine rings is 1. The van der Waals surface area contributed by atoms with Crippen molar-refractivity contribution in [2.24, 2.45) is 0 Å². The van der Waals surface area contributed by atoms with Gasteiger partial charge in [0.05, 0.1) is 24.2 Å². The zero-order valence-corrected chi connectivity index (χ0v) is 19.2. The number of aromatic nitrogens is 2. The van der Waals surface area contributed by atoms with E-state index in [4.69, 9.17) is 11.6 Å². The van der Waals surface area contributed by atoms with Crippen LogP contribution in [0.3, 0.4) is 0 Å². The van der Waals surface area contributed by atoms with E-state index >= 15 is 0 Å². The summed E-state index contributed by atoms with van der Waals surface area (Å²) in [4.78, 5) is 19.0. The molecule has 0 bridgehead atoms. The Morgan fingerprint density at radius 3 is 2.41 bits per heavy atom. The van der Waals surface area contributed by atoms with E-state index in [1.165, 1.54) is 4.31 Å². The third kappa shape index (κ3) is 6.22. The molecule has 11 heteroatoms. The number of nitrogens with zero attached hydrogens (tertiary/aromatic N) is 4. The van der Waals surface area contributed by atoms with E-state index in [1.54, 1.807) is 6.92 Å². The molecule has 0 aliphatic carbocycles. The van der Waals surface area contributed by atoms with Gasteiger partial charge < -0.3 is 0 Å². The summed E-state index contributed by atoms with van der Waals surface area (Å²) in [5.41, 5.74) is 1.12. The van der Waals surface area contributed by atoms with Gasteiger partial charge in [-0.05, 0) is 42.9 Å². The lowest BCUT2D eigenvalue weighted by molar-refractivity contribution is -0.159. The molecule has 1 aliphatic rings. The Labute approximate surface area is 192 Å². The Kier molecular flexibility index (Phi) is 8.16. The standard InChI is InChI=1S/C21H26ClFN4O4S/c1-15(21-24-11-19(23)12-25-21)10-20(27(29)14-28)13-32(30,31)26-8-6-17(7-9-26)16-2-4-18(22)5-3-16/h2-5,11-12,14-15,17,20,29H,6-10,13H2,1H3. The largest absolute Gasteiger partial charge is 0.286 e. The Hall–Kier alpha value is -2.14. The highest BCUT2D eigenvalue weighted by atomic mass is 35.5. The van der Waals surface area contributed by atoms with Crippen LogP contribution in [0.1, 0.15) is 49.4 Å². The number of benzene rings is 1. The molecule has 1 N–H and O–H groups in total. The minimum atomic E-state index is -3.73. The first-order valence-electron chi connectivity index (χ1n) is 10.3. The van der Waals surface area contributed by atoms with Gasteiger partial charge in [-0.15, -0.1) is 0 Å². The van der Waals surface area contributed by atoms with E-state index in [0.29, 0.717) is 41.8 Å². The molecule has 2 aromatic rings. The molecule has 1 fully saturated rings. The van der Waals surface area contributed by atoms with Crippen LogP contribution < -0.4 is 0 Å². The molecule has 0 saturated carbocycles. The lowest BCUT2D eigenvalue weighted by atomic mass is 9.90. The molecule has 3 rings (SSSR count). The Bertz CT molecular complexity index is 999. The summed E-state index contributed by atoms with van der Waals surface area (Å²) in [6.45, 7) is 2.43. The lowest BCUT2D eigenvalue weighted by Crippen LogP contribution is -2.45. The third-order valence-electron chi connectivity index (χ3n) is 5.78. The molecule has 2 atom stereocenters. The molecule has 0 radical (unpaired) electrons. The van der Waals surface area contributed by atoms with Crippen molar-refractivity contribution in [1.82, 2.24) is 19.3 Å². The quantitative estimate of drug-likeness (QED) is 0.333. The van der Waals surface area contributed by atoms with Crippen molar-refractivity contribution in [2.75, 3.05) is 18.8 Å². The molecular formula is C21H26ClFN4O4S. The molecule has 1 aromatic heterocycles. The number of hydroxylamine groups is 2. The van der Waals surface area contributed by atoms with Crippen LogP contribution >= 0.6 is 11.6 Å². The van der Waals surface area contributed by atoms with Crippen LogP contribution in [0.15, 0.2) is 36.7 Å². The van der Waals surface area contributed by atoms with Crippen LogP contribution in [-0.2, 0) is 14.8 Å². The monoisotopic (exact) mass is 484 g/mol. The van der Waals surface area contributed by atoms with Gasteiger partial charge in [0.15, 0.2) is 5.82 Å². The molecule has 2 unspecified atom stereocenters. The van der Waals surface area contributed by atoms with Crippen molar-refractivity contribution in [1.29, 1.82) is 0 Å². The summed E-state index contributed by atoms with van der Waals surface area (Å²) in [5.74, 6) is -0.870. The van der Waals surface area contributed by atoms with E-state index in [0.717, 1.165) is 18.0 Å². The van der Waals surface area contributed by atoms with Crippen molar-refractivity contribution < 1.29 is 22.8 Å². The average molecular weight is 485 g/mol. The molecule has 32 heavy (non-hydrogen) atoms. The summed E-state index contributed by atoms with van der Waals surface area (Å²) >= 11 is 5.94. The summed E-state index contributed by atoms with van der Waals surface area (Å²) < 4.78 is 40.6. The highest BCUT2D eigenvalue weighted by Crippen LogP contribution is 2.30. The molecule has 174 valence electrons. The number of hydrogen-bond acceptors (Lipinski definition) is 6. The number of amides is 1. The van der Waals surface area contributed by atoms with Gasteiger partial charge in [-0.3, -0.25) is 10.0 Å². The SMILES string of the molecule is CC(CC(CS(=O)(=O)N1CCC(c2ccc(Cl)cc2)CC1)N(O)C=O)c1ncc(F)cn1. The van der Waals surface area contributed by atoms with Crippen LogP contribution in [-0.4, -0.2) is 64.3 Å². The fourth-order valence-corrected chi connectivity index (χ4v) is 5.86. The number of hydrogen-bond donors (Lipinski definition) is 1. The van der Waals surface area contributed by atoms with E-state index in [9.17, 15) is 22.8 Å².